The standard InChI is InChI=1S/C13H15BrN4OS/c1-7(2)12-16-5-10(15)11(18-12)13(19)17-4-9-3-8(14)6-20-9/h3,5-7H,4,15H2,1-2H3,(H,17,19). The van der Waals surface area contributed by atoms with Crippen molar-refractivity contribution in [3.8, 4) is 0 Å². The molecule has 0 fully saturated rings. The molecule has 7 heteroatoms. The molecule has 0 unspecified atom stereocenters. The van der Waals surface area contributed by atoms with Gasteiger partial charge in [-0.05, 0) is 22.0 Å². The minimum Gasteiger partial charge on any atom is -0.396 e. The number of nitrogens with zero attached hydrogens (tertiary/aromatic N) is 2. The lowest BCUT2D eigenvalue weighted by atomic mass is 10.2. The van der Waals surface area contributed by atoms with Gasteiger partial charge in [0, 0.05) is 20.6 Å². The summed E-state index contributed by atoms with van der Waals surface area (Å²) < 4.78 is 1.01. The van der Waals surface area contributed by atoms with Gasteiger partial charge in [-0.1, -0.05) is 13.8 Å². The lowest BCUT2D eigenvalue weighted by Gasteiger charge is -2.09. The van der Waals surface area contributed by atoms with Gasteiger partial charge in [-0.15, -0.1) is 11.3 Å². The molecule has 0 aromatic carbocycles. The number of rotatable bonds is 4. The molecule has 1 amide bonds. The molecular formula is C13H15BrN4OS. The summed E-state index contributed by atoms with van der Waals surface area (Å²) in [7, 11) is 0. The van der Waals surface area contributed by atoms with Gasteiger partial charge < -0.3 is 11.1 Å². The molecular weight excluding hydrogens is 340 g/mol. The number of hydrogen-bond donors (Lipinski definition) is 2. The quantitative estimate of drug-likeness (QED) is 0.884. The van der Waals surface area contributed by atoms with Crippen molar-refractivity contribution in [2.24, 2.45) is 0 Å². The number of amides is 1. The molecule has 20 heavy (non-hydrogen) atoms. The average molecular weight is 355 g/mol. The highest BCUT2D eigenvalue weighted by atomic mass is 79.9. The maximum Gasteiger partial charge on any atom is 0.272 e. The molecule has 106 valence electrons. The third kappa shape index (κ3) is 3.55. The first-order chi connectivity index (χ1) is 9.47. The van der Waals surface area contributed by atoms with Crippen LogP contribution in [0.5, 0.6) is 0 Å². The maximum absolute atomic E-state index is 12.1. The number of nitrogen functional groups attached to an aromatic ring is 1. The Balaban J connectivity index is 2.10. The summed E-state index contributed by atoms with van der Waals surface area (Å²) in [6, 6.07) is 1.97. The molecule has 0 saturated heterocycles. The van der Waals surface area contributed by atoms with Crippen LogP contribution < -0.4 is 11.1 Å². The Labute approximate surface area is 129 Å². The van der Waals surface area contributed by atoms with Crippen LogP contribution in [-0.2, 0) is 6.54 Å². The monoisotopic (exact) mass is 354 g/mol. The number of nitrogens with one attached hydrogen (secondary N) is 1. The van der Waals surface area contributed by atoms with Crippen LogP contribution in [0.25, 0.3) is 0 Å². The molecule has 0 aliphatic carbocycles. The third-order valence-electron chi connectivity index (χ3n) is 2.61. The van der Waals surface area contributed by atoms with E-state index in [-0.39, 0.29) is 17.5 Å². The molecule has 0 aliphatic heterocycles. The smallest absolute Gasteiger partial charge is 0.272 e. The summed E-state index contributed by atoms with van der Waals surface area (Å²) >= 11 is 4.95. The van der Waals surface area contributed by atoms with Crippen LogP contribution in [-0.4, -0.2) is 15.9 Å². The highest BCUT2D eigenvalue weighted by molar-refractivity contribution is 9.10. The highest BCUT2D eigenvalue weighted by Gasteiger charge is 2.14. The normalized spacial score (nSPS) is 10.8. The highest BCUT2D eigenvalue weighted by Crippen LogP contribution is 2.19. The fraction of sp³-hybridized carbons (Fsp3) is 0.308. The minimum atomic E-state index is -0.281. The largest absolute Gasteiger partial charge is 0.396 e. The molecule has 0 atom stereocenters. The van der Waals surface area contributed by atoms with Crippen molar-refractivity contribution in [1.29, 1.82) is 0 Å². The van der Waals surface area contributed by atoms with Gasteiger partial charge in [0.15, 0.2) is 5.69 Å². The van der Waals surface area contributed by atoms with Gasteiger partial charge in [0.25, 0.3) is 5.91 Å². The Bertz CT molecular complexity index is 627. The van der Waals surface area contributed by atoms with Gasteiger partial charge >= 0.3 is 0 Å². The summed E-state index contributed by atoms with van der Waals surface area (Å²) in [6.07, 6.45) is 1.49. The Morgan fingerprint density at radius 3 is 2.90 bits per heavy atom. The first kappa shape index (κ1) is 14.9. The predicted molar refractivity (Wildman–Crippen MR) is 83.7 cm³/mol. The summed E-state index contributed by atoms with van der Waals surface area (Å²) in [4.78, 5) is 21.5. The number of hydrogen-bond acceptors (Lipinski definition) is 5. The third-order valence-corrected chi connectivity index (χ3v) is 4.31. The number of thiophene rings is 1. The van der Waals surface area contributed by atoms with Gasteiger partial charge in [0.05, 0.1) is 18.4 Å². The van der Waals surface area contributed by atoms with Crippen LogP contribution in [0, 0.1) is 0 Å². The minimum absolute atomic E-state index is 0.149. The Morgan fingerprint density at radius 2 is 2.30 bits per heavy atom. The van der Waals surface area contributed by atoms with Crippen molar-refractivity contribution in [3.05, 3.63) is 38.5 Å². The molecule has 0 saturated carbocycles. The van der Waals surface area contributed by atoms with Crippen molar-refractivity contribution in [3.63, 3.8) is 0 Å². The molecule has 0 spiro atoms. The van der Waals surface area contributed by atoms with Crippen molar-refractivity contribution < 1.29 is 4.79 Å². The molecule has 2 rings (SSSR count). The zero-order chi connectivity index (χ0) is 14.7. The van der Waals surface area contributed by atoms with Gasteiger partial charge in [0.1, 0.15) is 5.82 Å². The molecule has 5 nitrogen and oxygen atoms in total. The summed E-state index contributed by atoms with van der Waals surface area (Å²) in [5.74, 6) is 0.481. The fourth-order valence-electron chi connectivity index (χ4n) is 1.56. The number of nitrogens with two attached hydrogens (primary N) is 1. The number of anilines is 1. The molecule has 2 aromatic heterocycles. The number of carbonyl (C=O) groups excluding carboxylic acids is 1. The van der Waals surface area contributed by atoms with Gasteiger partial charge in [-0.25, -0.2) is 9.97 Å². The molecule has 0 aliphatic rings. The molecule has 2 aromatic rings. The van der Waals surface area contributed by atoms with E-state index in [1.807, 2.05) is 25.3 Å². The van der Waals surface area contributed by atoms with E-state index in [0.717, 1.165) is 9.35 Å². The van der Waals surface area contributed by atoms with Crippen LogP contribution in [0.4, 0.5) is 5.69 Å². The zero-order valence-corrected chi connectivity index (χ0v) is 13.6. The predicted octanol–water partition coefficient (Wildman–Crippen LogP) is 2.94. The molecule has 0 radical (unpaired) electrons. The van der Waals surface area contributed by atoms with E-state index in [2.05, 4.69) is 31.2 Å². The number of carbonyl (C=O) groups is 1. The second-order valence-electron chi connectivity index (χ2n) is 4.60. The lowest BCUT2D eigenvalue weighted by Crippen LogP contribution is -2.25. The summed E-state index contributed by atoms with van der Waals surface area (Å²) in [6.45, 7) is 4.39. The molecule has 0 bridgehead atoms. The van der Waals surface area contributed by atoms with E-state index in [0.29, 0.717) is 18.1 Å². The van der Waals surface area contributed by atoms with Crippen molar-refractivity contribution in [1.82, 2.24) is 15.3 Å². The zero-order valence-electron chi connectivity index (χ0n) is 11.2. The maximum atomic E-state index is 12.1. The number of aromatic nitrogens is 2. The summed E-state index contributed by atoms with van der Waals surface area (Å²) in [5.41, 5.74) is 6.30. The van der Waals surface area contributed by atoms with E-state index in [4.69, 9.17) is 5.73 Å². The van der Waals surface area contributed by atoms with Crippen molar-refractivity contribution in [2.75, 3.05) is 5.73 Å². The Morgan fingerprint density at radius 1 is 1.55 bits per heavy atom. The van der Waals surface area contributed by atoms with E-state index >= 15 is 0 Å². The second-order valence-corrected chi connectivity index (χ2v) is 6.51. The number of halogens is 1. The first-order valence-electron chi connectivity index (χ1n) is 6.11. The Hall–Kier alpha value is -1.47. The van der Waals surface area contributed by atoms with Gasteiger partial charge in [-0.3, -0.25) is 4.79 Å². The van der Waals surface area contributed by atoms with Gasteiger partial charge in [-0.2, -0.15) is 0 Å². The topological polar surface area (TPSA) is 80.9 Å². The van der Waals surface area contributed by atoms with E-state index < -0.39 is 0 Å². The van der Waals surface area contributed by atoms with Crippen LogP contribution in [0.1, 0.15) is 41.0 Å². The van der Waals surface area contributed by atoms with E-state index in [9.17, 15) is 4.79 Å². The molecule has 2 heterocycles. The molecule has 3 N–H and O–H groups in total. The SMILES string of the molecule is CC(C)c1ncc(N)c(C(=O)NCc2cc(Br)cs2)n1. The van der Waals surface area contributed by atoms with E-state index in [1.165, 1.54) is 6.20 Å². The van der Waals surface area contributed by atoms with Crippen molar-refractivity contribution in [2.45, 2.75) is 26.3 Å². The lowest BCUT2D eigenvalue weighted by molar-refractivity contribution is 0.0947. The van der Waals surface area contributed by atoms with Gasteiger partial charge in [0.2, 0.25) is 0 Å². The van der Waals surface area contributed by atoms with Crippen molar-refractivity contribution >= 4 is 38.9 Å². The summed E-state index contributed by atoms with van der Waals surface area (Å²) in [5, 5.41) is 4.79. The Kier molecular flexibility index (Phi) is 4.72. The second kappa shape index (κ2) is 6.32. The fourth-order valence-corrected chi connectivity index (χ4v) is 2.95. The van der Waals surface area contributed by atoms with E-state index in [1.54, 1.807) is 11.3 Å². The van der Waals surface area contributed by atoms with Crippen LogP contribution in [0.15, 0.2) is 22.1 Å². The van der Waals surface area contributed by atoms with Crippen LogP contribution in [0.2, 0.25) is 0 Å². The first-order valence-corrected chi connectivity index (χ1v) is 7.78. The average Bonchev–Trinajstić information content (AvgIpc) is 2.82. The van der Waals surface area contributed by atoms with Crippen LogP contribution in [0.3, 0.4) is 0 Å². The van der Waals surface area contributed by atoms with Crippen LogP contribution >= 0.6 is 27.3 Å².